The molecule has 2 aromatic carbocycles. The number of ketones is 1. The average Bonchev–Trinajstić information content (AvgIpc) is 3.06. The summed E-state index contributed by atoms with van der Waals surface area (Å²) in [4.78, 5) is 24.3. The van der Waals surface area contributed by atoms with E-state index in [9.17, 15) is 9.59 Å². The van der Waals surface area contributed by atoms with Gasteiger partial charge in [-0.15, -0.1) is 0 Å². The molecule has 3 aromatic rings. The molecule has 0 bridgehead atoms. The van der Waals surface area contributed by atoms with E-state index in [0.717, 1.165) is 16.5 Å². The summed E-state index contributed by atoms with van der Waals surface area (Å²) >= 11 is 0. The lowest BCUT2D eigenvalue weighted by molar-refractivity contribution is -0.143. The van der Waals surface area contributed by atoms with Gasteiger partial charge in [-0.3, -0.25) is 9.59 Å². The summed E-state index contributed by atoms with van der Waals surface area (Å²) in [6.07, 6.45) is 6.37. The zero-order valence-electron chi connectivity index (χ0n) is 15.4. The number of aromatic nitrogens is 1. The summed E-state index contributed by atoms with van der Waals surface area (Å²) in [5.41, 5.74) is 2.66. The predicted octanol–water partition coefficient (Wildman–Crippen LogP) is 4.88. The molecule has 4 heteroatoms. The third kappa shape index (κ3) is 4.73. The Kier molecular flexibility index (Phi) is 6.21. The summed E-state index contributed by atoms with van der Waals surface area (Å²) in [7, 11) is 0. The molecule has 0 radical (unpaired) electrons. The summed E-state index contributed by atoms with van der Waals surface area (Å²) in [6.45, 7) is 2.87. The second-order valence-corrected chi connectivity index (χ2v) is 6.27. The van der Waals surface area contributed by atoms with Gasteiger partial charge >= 0.3 is 5.97 Å². The summed E-state index contributed by atoms with van der Waals surface area (Å²) in [6, 6.07) is 17.6. The lowest BCUT2D eigenvalue weighted by atomic mass is 10.1. The first-order chi connectivity index (χ1) is 13.2. The Morgan fingerprint density at radius 2 is 1.78 bits per heavy atom. The van der Waals surface area contributed by atoms with Crippen molar-refractivity contribution < 1.29 is 14.3 Å². The van der Waals surface area contributed by atoms with Crippen LogP contribution in [0.3, 0.4) is 0 Å². The number of carbonyl (C=O) groups excluding carboxylic acids is 2. The maximum atomic E-state index is 12.7. The highest BCUT2D eigenvalue weighted by Crippen LogP contribution is 2.23. The van der Waals surface area contributed by atoms with E-state index in [1.165, 1.54) is 0 Å². The van der Waals surface area contributed by atoms with Crippen molar-refractivity contribution in [3.8, 4) is 0 Å². The van der Waals surface area contributed by atoms with Gasteiger partial charge in [0.15, 0.2) is 5.78 Å². The van der Waals surface area contributed by atoms with E-state index in [1.54, 1.807) is 13.0 Å². The Morgan fingerprint density at radius 3 is 2.56 bits per heavy atom. The van der Waals surface area contributed by atoms with E-state index in [-0.39, 0.29) is 11.8 Å². The number of aryl methyl sites for hydroxylation is 1. The van der Waals surface area contributed by atoms with Crippen molar-refractivity contribution in [1.29, 1.82) is 0 Å². The SMILES string of the molecule is CCOC(=O)CCCn1cc(C(=O)/C=C/c2ccccc2)c2ccccc21. The zero-order valence-corrected chi connectivity index (χ0v) is 15.4. The first-order valence-corrected chi connectivity index (χ1v) is 9.20. The molecular formula is C23H23NO3. The van der Waals surface area contributed by atoms with Crippen molar-refractivity contribution in [2.75, 3.05) is 6.61 Å². The number of nitrogens with zero attached hydrogens (tertiary/aromatic N) is 1. The maximum absolute atomic E-state index is 12.7. The Balaban J connectivity index is 1.78. The number of para-hydroxylation sites is 1. The van der Waals surface area contributed by atoms with Gasteiger partial charge in [-0.1, -0.05) is 54.6 Å². The first kappa shape index (κ1) is 18.6. The Labute approximate surface area is 159 Å². The van der Waals surface area contributed by atoms with Crippen LogP contribution in [0.4, 0.5) is 0 Å². The molecule has 27 heavy (non-hydrogen) atoms. The molecule has 0 aliphatic rings. The van der Waals surface area contributed by atoms with Crippen molar-refractivity contribution in [2.45, 2.75) is 26.3 Å². The van der Waals surface area contributed by atoms with Crippen LogP contribution in [0.15, 0.2) is 66.9 Å². The fourth-order valence-corrected chi connectivity index (χ4v) is 3.08. The molecule has 0 atom stereocenters. The predicted molar refractivity (Wildman–Crippen MR) is 108 cm³/mol. The highest BCUT2D eigenvalue weighted by molar-refractivity contribution is 6.14. The smallest absolute Gasteiger partial charge is 0.305 e. The van der Waals surface area contributed by atoms with Crippen LogP contribution in [-0.4, -0.2) is 22.9 Å². The number of allylic oxidation sites excluding steroid dienone is 1. The fraction of sp³-hybridized carbons (Fsp3) is 0.217. The van der Waals surface area contributed by atoms with Crippen molar-refractivity contribution in [1.82, 2.24) is 4.57 Å². The van der Waals surface area contributed by atoms with Crippen LogP contribution in [0.1, 0.15) is 35.7 Å². The zero-order chi connectivity index (χ0) is 19.1. The number of esters is 1. The number of carbonyl (C=O) groups is 2. The van der Waals surface area contributed by atoms with Crippen molar-refractivity contribution in [2.24, 2.45) is 0 Å². The molecular weight excluding hydrogens is 338 g/mol. The van der Waals surface area contributed by atoms with Gasteiger partial charge in [-0.05, 0) is 31.1 Å². The summed E-state index contributed by atoms with van der Waals surface area (Å²) < 4.78 is 7.01. The average molecular weight is 361 g/mol. The van der Waals surface area contributed by atoms with Gasteiger partial charge < -0.3 is 9.30 Å². The van der Waals surface area contributed by atoms with E-state index in [2.05, 4.69) is 0 Å². The van der Waals surface area contributed by atoms with Crippen LogP contribution in [-0.2, 0) is 16.1 Å². The maximum Gasteiger partial charge on any atom is 0.305 e. The Morgan fingerprint density at radius 1 is 1.04 bits per heavy atom. The number of hydrogen-bond acceptors (Lipinski definition) is 3. The number of ether oxygens (including phenoxy) is 1. The van der Waals surface area contributed by atoms with Gasteiger partial charge in [-0.2, -0.15) is 0 Å². The van der Waals surface area contributed by atoms with Crippen LogP contribution >= 0.6 is 0 Å². The van der Waals surface area contributed by atoms with E-state index < -0.39 is 0 Å². The molecule has 0 amide bonds. The van der Waals surface area contributed by atoms with Gasteiger partial charge in [0.1, 0.15) is 0 Å². The number of fused-ring (bicyclic) bond motifs is 1. The van der Waals surface area contributed by atoms with Gasteiger partial charge in [0.05, 0.1) is 6.61 Å². The van der Waals surface area contributed by atoms with Crippen LogP contribution in [0, 0.1) is 0 Å². The quantitative estimate of drug-likeness (QED) is 0.326. The number of hydrogen-bond donors (Lipinski definition) is 0. The van der Waals surface area contributed by atoms with E-state index in [1.807, 2.05) is 71.4 Å². The van der Waals surface area contributed by atoms with Crippen LogP contribution in [0.2, 0.25) is 0 Å². The Bertz CT molecular complexity index is 954. The number of rotatable bonds is 8. The second kappa shape index (κ2) is 8.99. The normalized spacial score (nSPS) is 11.1. The second-order valence-electron chi connectivity index (χ2n) is 6.27. The molecule has 1 aromatic heterocycles. The lowest BCUT2D eigenvalue weighted by Gasteiger charge is -2.05. The molecule has 0 saturated heterocycles. The molecule has 0 spiro atoms. The monoisotopic (exact) mass is 361 g/mol. The van der Waals surface area contributed by atoms with Crippen LogP contribution in [0.5, 0.6) is 0 Å². The fourth-order valence-electron chi connectivity index (χ4n) is 3.08. The standard InChI is InChI=1S/C23H23NO3/c1-2-27-23(26)13-8-16-24-17-20(19-11-6-7-12-21(19)24)22(25)15-14-18-9-4-3-5-10-18/h3-7,9-12,14-15,17H,2,8,13,16H2,1H3/b15-14+. The van der Waals surface area contributed by atoms with Gasteiger partial charge in [-0.25, -0.2) is 0 Å². The summed E-state index contributed by atoms with van der Waals surface area (Å²) in [5.74, 6) is -0.213. The highest BCUT2D eigenvalue weighted by atomic mass is 16.5. The van der Waals surface area contributed by atoms with Gasteiger partial charge in [0.25, 0.3) is 0 Å². The molecule has 138 valence electrons. The summed E-state index contributed by atoms with van der Waals surface area (Å²) in [5, 5.41) is 0.927. The van der Waals surface area contributed by atoms with Crippen LogP contribution in [0.25, 0.3) is 17.0 Å². The van der Waals surface area contributed by atoms with Gasteiger partial charge in [0.2, 0.25) is 0 Å². The minimum atomic E-state index is -0.184. The van der Waals surface area contributed by atoms with E-state index in [0.29, 0.717) is 31.6 Å². The lowest BCUT2D eigenvalue weighted by Crippen LogP contribution is -2.06. The minimum absolute atomic E-state index is 0.0285. The molecule has 0 saturated carbocycles. The molecule has 0 fully saturated rings. The molecule has 0 aliphatic carbocycles. The third-order valence-electron chi connectivity index (χ3n) is 4.37. The van der Waals surface area contributed by atoms with Gasteiger partial charge in [0, 0.05) is 35.6 Å². The molecule has 0 unspecified atom stereocenters. The topological polar surface area (TPSA) is 48.3 Å². The molecule has 4 nitrogen and oxygen atoms in total. The van der Waals surface area contributed by atoms with Crippen molar-refractivity contribution in [3.63, 3.8) is 0 Å². The minimum Gasteiger partial charge on any atom is -0.466 e. The van der Waals surface area contributed by atoms with Crippen molar-refractivity contribution in [3.05, 3.63) is 78.0 Å². The molecule has 0 N–H and O–H groups in total. The molecule has 1 heterocycles. The molecule has 3 rings (SSSR count). The van der Waals surface area contributed by atoms with Crippen LogP contribution < -0.4 is 0 Å². The third-order valence-corrected chi connectivity index (χ3v) is 4.37. The Hall–Kier alpha value is -3.14. The first-order valence-electron chi connectivity index (χ1n) is 9.20. The molecule has 0 aliphatic heterocycles. The van der Waals surface area contributed by atoms with E-state index >= 15 is 0 Å². The van der Waals surface area contributed by atoms with Crippen molar-refractivity contribution >= 4 is 28.7 Å². The van der Waals surface area contributed by atoms with E-state index in [4.69, 9.17) is 4.74 Å². The number of benzene rings is 2. The largest absolute Gasteiger partial charge is 0.466 e. The highest BCUT2D eigenvalue weighted by Gasteiger charge is 2.13.